The van der Waals surface area contributed by atoms with Crippen LogP contribution in [0.1, 0.15) is 21.9 Å². The predicted octanol–water partition coefficient (Wildman–Crippen LogP) is 6.58. The van der Waals surface area contributed by atoms with E-state index in [1.54, 1.807) is 23.5 Å². The molecule has 0 saturated carbocycles. The fourth-order valence-corrected chi connectivity index (χ4v) is 4.05. The molecule has 1 atom stereocenters. The molecule has 0 radical (unpaired) electrons. The average molecular weight is 369 g/mol. The molecular formula is C21H14ClFOS. The predicted molar refractivity (Wildman–Crippen MR) is 102 cm³/mol. The van der Waals surface area contributed by atoms with E-state index in [-0.39, 0.29) is 11.7 Å². The molecule has 1 aliphatic heterocycles. The lowest BCUT2D eigenvalue weighted by molar-refractivity contribution is 0.512. The number of allylic oxidation sites excluding steroid dienone is 2. The van der Waals surface area contributed by atoms with Crippen LogP contribution in [-0.2, 0) is 0 Å². The Hall–Kier alpha value is -2.36. The van der Waals surface area contributed by atoms with Crippen molar-refractivity contribution >= 4 is 28.7 Å². The third-order valence-corrected chi connectivity index (χ3v) is 5.50. The van der Waals surface area contributed by atoms with Crippen molar-refractivity contribution in [2.75, 3.05) is 0 Å². The zero-order valence-electron chi connectivity index (χ0n) is 13.2. The van der Waals surface area contributed by atoms with E-state index >= 15 is 0 Å². The Morgan fingerprint density at radius 1 is 1.00 bits per heavy atom. The third-order valence-electron chi connectivity index (χ3n) is 4.22. The highest BCUT2D eigenvalue weighted by molar-refractivity contribution is 7.11. The van der Waals surface area contributed by atoms with Gasteiger partial charge in [0.1, 0.15) is 11.6 Å². The molecule has 2 aromatic carbocycles. The molecule has 1 nitrogen and oxygen atoms in total. The smallest absolute Gasteiger partial charge is 0.163 e. The minimum absolute atomic E-state index is 0.193. The molecule has 0 unspecified atom stereocenters. The maximum atomic E-state index is 13.4. The first-order valence-electron chi connectivity index (χ1n) is 7.80. The quantitative estimate of drug-likeness (QED) is 0.496. The van der Waals surface area contributed by atoms with Crippen LogP contribution >= 0.6 is 22.9 Å². The average Bonchev–Trinajstić information content (AvgIpc) is 3.13. The topological polar surface area (TPSA) is 9.23 Å². The second-order valence-corrected chi connectivity index (χ2v) is 7.10. The summed E-state index contributed by atoms with van der Waals surface area (Å²) in [6, 6.07) is 18.2. The van der Waals surface area contributed by atoms with Gasteiger partial charge in [-0.2, -0.15) is 0 Å². The molecule has 0 saturated heterocycles. The Bertz CT molecular complexity index is 958. The van der Waals surface area contributed by atoms with Crippen LogP contribution in [0.4, 0.5) is 4.39 Å². The number of para-hydroxylation sites is 1. The van der Waals surface area contributed by atoms with Crippen LogP contribution in [0, 0.1) is 5.82 Å². The van der Waals surface area contributed by atoms with Gasteiger partial charge in [-0.25, -0.2) is 4.39 Å². The van der Waals surface area contributed by atoms with Crippen LogP contribution < -0.4 is 4.74 Å². The van der Waals surface area contributed by atoms with E-state index in [9.17, 15) is 4.39 Å². The van der Waals surface area contributed by atoms with Gasteiger partial charge < -0.3 is 4.74 Å². The summed E-state index contributed by atoms with van der Waals surface area (Å²) in [5, 5.41) is 2.47. The Balaban J connectivity index is 1.92. The third kappa shape index (κ3) is 2.90. The number of ether oxygens (including phenoxy) is 1. The SMILES string of the molecule is C=C1C(Cl)=C(c2cccs2)Oc2ccccc2[C@@H]1c1ccc(F)cc1. The van der Waals surface area contributed by atoms with Crippen LogP contribution in [0.25, 0.3) is 5.76 Å². The number of benzene rings is 2. The van der Waals surface area contributed by atoms with Gasteiger partial charge in [-0.05, 0) is 40.8 Å². The number of hydrogen-bond donors (Lipinski definition) is 0. The molecule has 1 aromatic heterocycles. The van der Waals surface area contributed by atoms with E-state index < -0.39 is 0 Å². The molecule has 0 N–H and O–H groups in total. The molecule has 4 heteroatoms. The van der Waals surface area contributed by atoms with E-state index in [2.05, 4.69) is 6.58 Å². The van der Waals surface area contributed by atoms with Crippen LogP contribution in [0.15, 0.2) is 83.2 Å². The lowest BCUT2D eigenvalue weighted by Gasteiger charge is -2.19. The van der Waals surface area contributed by atoms with Gasteiger partial charge in [-0.3, -0.25) is 0 Å². The van der Waals surface area contributed by atoms with E-state index in [0.29, 0.717) is 10.8 Å². The van der Waals surface area contributed by atoms with Crippen molar-refractivity contribution in [3.05, 3.63) is 105 Å². The highest BCUT2D eigenvalue weighted by atomic mass is 35.5. The molecule has 124 valence electrons. The first kappa shape index (κ1) is 16.1. The Morgan fingerprint density at radius 3 is 2.48 bits per heavy atom. The molecular weight excluding hydrogens is 355 g/mol. The van der Waals surface area contributed by atoms with Gasteiger partial charge in [0, 0.05) is 11.5 Å². The molecule has 0 aliphatic carbocycles. The van der Waals surface area contributed by atoms with Gasteiger partial charge in [-0.15, -0.1) is 11.3 Å². The van der Waals surface area contributed by atoms with Gasteiger partial charge in [-0.1, -0.05) is 54.6 Å². The maximum absolute atomic E-state index is 13.4. The molecule has 1 aliphatic rings. The number of halogens is 2. The molecule has 0 bridgehead atoms. The van der Waals surface area contributed by atoms with Gasteiger partial charge in [0.25, 0.3) is 0 Å². The fourth-order valence-electron chi connectivity index (χ4n) is 3.03. The normalized spacial score (nSPS) is 17.0. The van der Waals surface area contributed by atoms with Crippen molar-refractivity contribution in [1.29, 1.82) is 0 Å². The zero-order chi connectivity index (χ0) is 17.4. The van der Waals surface area contributed by atoms with E-state index in [1.165, 1.54) is 12.1 Å². The Kier molecular flexibility index (Phi) is 4.20. The second-order valence-electron chi connectivity index (χ2n) is 5.77. The van der Waals surface area contributed by atoms with E-state index in [4.69, 9.17) is 16.3 Å². The second kappa shape index (κ2) is 6.51. The number of hydrogen-bond acceptors (Lipinski definition) is 2. The maximum Gasteiger partial charge on any atom is 0.163 e. The van der Waals surface area contributed by atoms with Crippen molar-refractivity contribution in [3.8, 4) is 5.75 Å². The summed E-state index contributed by atoms with van der Waals surface area (Å²) in [7, 11) is 0. The largest absolute Gasteiger partial charge is 0.454 e. The fraction of sp³-hybridized carbons (Fsp3) is 0.0476. The van der Waals surface area contributed by atoms with Crippen molar-refractivity contribution in [1.82, 2.24) is 0 Å². The number of fused-ring (bicyclic) bond motifs is 1. The van der Waals surface area contributed by atoms with Gasteiger partial charge in [0.15, 0.2) is 5.76 Å². The van der Waals surface area contributed by atoms with Crippen molar-refractivity contribution in [3.63, 3.8) is 0 Å². The number of thiophene rings is 1. The zero-order valence-corrected chi connectivity index (χ0v) is 14.8. The summed E-state index contributed by atoms with van der Waals surface area (Å²) in [6.07, 6.45) is 0. The van der Waals surface area contributed by atoms with E-state index in [0.717, 1.165) is 27.3 Å². The first-order chi connectivity index (χ1) is 12.1. The molecule has 2 heterocycles. The summed E-state index contributed by atoms with van der Waals surface area (Å²) >= 11 is 8.24. The van der Waals surface area contributed by atoms with Crippen molar-refractivity contribution < 1.29 is 9.13 Å². The standard InChI is InChI=1S/C21H14ClFOS/c1-13-19(14-8-10-15(23)11-9-14)16-5-2-3-6-17(16)24-21(20(13)22)18-7-4-12-25-18/h2-12,19H,1H2/t19-/m0/s1. The first-order valence-corrected chi connectivity index (χ1v) is 9.06. The van der Waals surface area contributed by atoms with Gasteiger partial charge in [0.05, 0.1) is 9.91 Å². The van der Waals surface area contributed by atoms with Crippen molar-refractivity contribution in [2.45, 2.75) is 5.92 Å². The van der Waals surface area contributed by atoms with Crippen LogP contribution in [0.2, 0.25) is 0 Å². The molecule has 3 aromatic rings. The van der Waals surface area contributed by atoms with Gasteiger partial charge >= 0.3 is 0 Å². The van der Waals surface area contributed by atoms with Crippen LogP contribution in [0.3, 0.4) is 0 Å². The summed E-state index contributed by atoms with van der Waals surface area (Å²) < 4.78 is 19.6. The summed E-state index contributed by atoms with van der Waals surface area (Å²) in [6.45, 7) is 4.24. The van der Waals surface area contributed by atoms with Crippen LogP contribution in [0.5, 0.6) is 5.75 Å². The highest BCUT2D eigenvalue weighted by Crippen LogP contribution is 2.46. The highest BCUT2D eigenvalue weighted by Gasteiger charge is 2.29. The molecule has 0 spiro atoms. The Labute approximate surface area is 154 Å². The minimum atomic E-state index is -0.270. The molecule has 4 rings (SSSR count). The minimum Gasteiger partial charge on any atom is -0.454 e. The summed E-state index contributed by atoms with van der Waals surface area (Å²) in [5.41, 5.74) is 2.62. The van der Waals surface area contributed by atoms with Gasteiger partial charge in [0.2, 0.25) is 0 Å². The lowest BCUT2D eigenvalue weighted by atomic mass is 9.85. The van der Waals surface area contributed by atoms with E-state index in [1.807, 2.05) is 41.8 Å². The lowest BCUT2D eigenvalue weighted by Crippen LogP contribution is -2.04. The van der Waals surface area contributed by atoms with Crippen LogP contribution in [-0.4, -0.2) is 0 Å². The van der Waals surface area contributed by atoms with Crippen molar-refractivity contribution in [2.24, 2.45) is 0 Å². The summed E-state index contributed by atoms with van der Waals surface area (Å²) in [4.78, 5) is 0.945. The number of rotatable bonds is 2. The monoisotopic (exact) mass is 368 g/mol. The molecule has 0 amide bonds. The summed E-state index contributed by atoms with van der Waals surface area (Å²) in [5.74, 6) is 0.881. The molecule has 0 fully saturated rings. The Morgan fingerprint density at radius 2 is 1.76 bits per heavy atom. The molecule has 25 heavy (non-hydrogen) atoms.